The molecule has 0 aromatic carbocycles. The first-order valence-corrected chi connectivity index (χ1v) is 14.7. The molecule has 4 heterocycles. The SMILES string of the molecule is Cc1c(-c2sc3c(-c4ccc(Cl)nn4)cnn3c2C(=O)OC(C)C)cnn1CC12CC3CC(CC(C3)C1)C2. The third-order valence-corrected chi connectivity index (χ3v) is 10.2. The number of hydrogen-bond acceptors (Lipinski definition) is 7. The van der Waals surface area contributed by atoms with Crippen LogP contribution >= 0.6 is 22.9 Å². The number of thiazole rings is 1. The van der Waals surface area contributed by atoms with Gasteiger partial charge in [0.25, 0.3) is 0 Å². The fraction of sp³-hybridized carbons (Fsp3) is 0.536. The van der Waals surface area contributed by atoms with Gasteiger partial charge in [-0.3, -0.25) is 4.68 Å². The summed E-state index contributed by atoms with van der Waals surface area (Å²) in [5.41, 5.74) is 4.26. The Balaban J connectivity index is 1.30. The molecule has 0 unspecified atom stereocenters. The molecule has 0 atom stereocenters. The number of rotatable bonds is 6. The van der Waals surface area contributed by atoms with Gasteiger partial charge in [-0.05, 0) is 94.6 Å². The third-order valence-electron chi connectivity index (χ3n) is 8.79. The van der Waals surface area contributed by atoms with Gasteiger partial charge >= 0.3 is 5.97 Å². The zero-order valence-corrected chi connectivity index (χ0v) is 23.4. The number of aromatic nitrogens is 6. The summed E-state index contributed by atoms with van der Waals surface area (Å²) in [5.74, 6) is 2.29. The van der Waals surface area contributed by atoms with E-state index in [1.54, 1.807) is 16.8 Å². The largest absolute Gasteiger partial charge is 0.458 e. The molecule has 0 N–H and O–H groups in total. The summed E-state index contributed by atoms with van der Waals surface area (Å²) in [5, 5.41) is 18.0. The highest BCUT2D eigenvalue weighted by Gasteiger charge is 2.51. The molecule has 4 aliphatic carbocycles. The molecule has 198 valence electrons. The Morgan fingerprint density at radius 2 is 1.76 bits per heavy atom. The number of hydrogen-bond donors (Lipinski definition) is 0. The van der Waals surface area contributed by atoms with Crippen LogP contribution in [-0.2, 0) is 11.3 Å². The average Bonchev–Trinajstić information content (AvgIpc) is 3.52. The van der Waals surface area contributed by atoms with E-state index in [-0.39, 0.29) is 6.10 Å². The summed E-state index contributed by atoms with van der Waals surface area (Å²) in [4.78, 5) is 15.0. The topological polar surface area (TPSA) is 87.2 Å². The van der Waals surface area contributed by atoms with Gasteiger partial charge in [-0.25, -0.2) is 9.31 Å². The van der Waals surface area contributed by atoms with Gasteiger partial charge in [0.1, 0.15) is 4.83 Å². The lowest BCUT2D eigenvalue weighted by Crippen LogP contribution is -2.48. The van der Waals surface area contributed by atoms with Crippen LogP contribution in [-0.4, -0.2) is 41.7 Å². The maximum atomic E-state index is 13.4. The summed E-state index contributed by atoms with van der Waals surface area (Å²) in [7, 11) is 0. The second-order valence-corrected chi connectivity index (χ2v) is 13.4. The van der Waals surface area contributed by atoms with Gasteiger partial charge in [-0.15, -0.1) is 21.5 Å². The van der Waals surface area contributed by atoms with Crippen LogP contribution in [0.15, 0.2) is 24.5 Å². The maximum Gasteiger partial charge on any atom is 0.358 e. The summed E-state index contributed by atoms with van der Waals surface area (Å²) in [6, 6.07) is 3.51. The zero-order chi connectivity index (χ0) is 26.2. The van der Waals surface area contributed by atoms with Crippen molar-refractivity contribution in [2.24, 2.45) is 23.2 Å². The van der Waals surface area contributed by atoms with Gasteiger partial charge in [-0.1, -0.05) is 11.6 Å². The maximum absolute atomic E-state index is 13.4. The summed E-state index contributed by atoms with van der Waals surface area (Å²) >= 11 is 7.47. The smallest absolute Gasteiger partial charge is 0.358 e. The van der Waals surface area contributed by atoms with Crippen molar-refractivity contribution < 1.29 is 9.53 Å². The lowest BCUT2D eigenvalue weighted by molar-refractivity contribution is -0.0638. The number of halogens is 1. The summed E-state index contributed by atoms with van der Waals surface area (Å²) in [6.45, 7) is 6.79. The predicted molar refractivity (Wildman–Crippen MR) is 146 cm³/mol. The van der Waals surface area contributed by atoms with Gasteiger partial charge in [0, 0.05) is 17.8 Å². The Morgan fingerprint density at radius 1 is 1.08 bits per heavy atom. The number of ether oxygens (including phenoxy) is 1. The van der Waals surface area contributed by atoms with Crippen molar-refractivity contribution in [2.45, 2.75) is 71.9 Å². The Labute approximate surface area is 230 Å². The van der Waals surface area contributed by atoms with Crippen LogP contribution in [0.3, 0.4) is 0 Å². The normalized spacial score (nSPS) is 26.1. The van der Waals surface area contributed by atoms with E-state index >= 15 is 0 Å². The molecule has 0 amide bonds. The first kappa shape index (κ1) is 24.3. The van der Waals surface area contributed by atoms with E-state index in [4.69, 9.17) is 21.4 Å². The predicted octanol–water partition coefficient (Wildman–Crippen LogP) is 6.46. The van der Waals surface area contributed by atoms with Crippen molar-refractivity contribution in [3.63, 3.8) is 0 Å². The second-order valence-electron chi connectivity index (χ2n) is 12.0. The van der Waals surface area contributed by atoms with Crippen LogP contribution < -0.4 is 0 Å². The highest BCUT2D eigenvalue weighted by molar-refractivity contribution is 7.21. The van der Waals surface area contributed by atoms with E-state index in [9.17, 15) is 4.79 Å². The summed E-state index contributed by atoms with van der Waals surface area (Å²) < 4.78 is 9.53. The van der Waals surface area contributed by atoms with Gasteiger partial charge in [-0.2, -0.15) is 10.2 Å². The highest BCUT2D eigenvalue weighted by atomic mass is 35.5. The molecule has 4 fully saturated rings. The van der Waals surface area contributed by atoms with Crippen molar-refractivity contribution in [1.29, 1.82) is 0 Å². The van der Waals surface area contributed by atoms with Crippen molar-refractivity contribution in [2.75, 3.05) is 0 Å². The number of esters is 1. The number of fused-ring (bicyclic) bond motifs is 1. The van der Waals surface area contributed by atoms with Gasteiger partial charge in [0.2, 0.25) is 0 Å². The minimum absolute atomic E-state index is 0.248. The van der Waals surface area contributed by atoms with Crippen LogP contribution in [0.4, 0.5) is 0 Å². The van der Waals surface area contributed by atoms with E-state index in [1.165, 1.54) is 49.9 Å². The van der Waals surface area contributed by atoms with Gasteiger partial charge < -0.3 is 4.74 Å². The van der Waals surface area contributed by atoms with E-state index in [2.05, 4.69) is 26.9 Å². The molecule has 4 aliphatic rings. The molecule has 8 rings (SSSR count). The molecule has 0 aliphatic heterocycles. The molecule has 0 radical (unpaired) electrons. The van der Waals surface area contributed by atoms with Crippen LogP contribution in [0, 0.1) is 30.1 Å². The molecule has 4 saturated carbocycles. The molecule has 38 heavy (non-hydrogen) atoms. The first-order valence-electron chi connectivity index (χ1n) is 13.5. The first-order chi connectivity index (χ1) is 18.3. The van der Waals surface area contributed by atoms with Crippen molar-refractivity contribution in [1.82, 2.24) is 29.6 Å². The van der Waals surface area contributed by atoms with Crippen LogP contribution in [0.5, 0.6) is 0 Å². The standard InChI is InChI=1S/C28H31ClN6O2S/c1-15(2)37-27(36)24-25(38-26-21(13-31-35(24)26)22-4-5-23(29)33-32-22)20-12-30-34(16(20)3)14-28-9-17-6-18(10-28)8-19(7-17)11-28/h4-5,12-13,15,17-19H,6-11,14H2,1-3H3. The van der Waals surface area contributed by atoms with E-state index in [0.717, 1.165) is 50.8 Å². The molecular weight excluding hydrogens is 520 g/mol. The summed E-state index contributed by atoms with van der Waals surface area (Å²) in [6.07, 6.45) is 11.7. The monoisotopic (exact) mass is 550 g/mol. The quantitative estimate of drug-likeness (QED) is 0.256. The minimum Gasteiger partial charge on any atom is -0.458 e. The Morgan fingerprint density at radius 3 is 2.39 bits per heavy atom. The van der Waals surface area contributed by atoms with Crippen molar-refractivity contribution in [3.8, 4) is 21.7 Å². The van der Waals surface area contributed by atoms with E-state index in [0.29, 0.717) is 22.0 Å². The number of carbonyl (C=O) groups is 1. The van der Waals surface area contributed by atoms with E-state index in [1.807, 2.05) is 26.1 Å². The van der Waals surface area contributed by atoms with Crippen molar-refractivity contribution >= 4 is 33.7 Å². The molecule has 4 aromatic rings. The Hall–Kier alpha value is -2.78. The molecule has 0 saturated heterocycles. The zero-order valence-electron chi connectivity index (χ0n) is 21.9. The average molecular weight is 551 g/mol. The van der Waals surface area contributed by atoms with E-state index < -0.39 is 5.97 Å². The molecule has 4 bridgehead atoms. The third kappa shape index (κ3) is 3.97. The lowest BCUT2D eigenvalue weighted by atomic mass is 9.49. The number of carbonyl (C=O) groups excluding carboxylic acids is 1. The Bertz CT molecular complexity index is 1500. The van der Waals surface area contributed by atoms with Crippen LogP contribution in [0.2, 0.25) is 5.15 Å². The fourth-order valence-electron chi connectivity index (χ4n) is 7.73. The van der Waals surface area contributed by atoms with Crippen LogP contribution in [0.25, 0.3) is 26.5 Å². The molecule has 8 nitrogen and oxygen atoms in total. The van der Waals surface area contributed by atoms with Crippen LogP contribution in [0.1, 0.15) is 68.6 Å². The minimum atomic E-state index is -0.397. The molecular formula is C28H31ClN6O2S. The van der Waals surface area contributed by atoms with Gasteiger partial charge in [0.15, 0.2) is 10.8 Å². The number of nitrogens with zero attached hydrogens (tertiary/aromatic N) is 6. The second kappa shape index (κ2) is 8.88. The van der Waals surface area contributed by atoms with Crippen molar-refractivity contribution in [3.05, 3.63) is 41.1 Å². The molecule has 4 aromatic heterocycles. The molecule has 10 heteroatoms. The molecule has 0 spiro atoms. The fourth-order valence-corrected chi connectivity index (χ4v) is 9.10. The highest BCUT2D eigenvalue weighted by Crippen LogP contribution is 2.60. The Kier molecular flexibility index (Phi) is 5.67. The van der Waals surface area contributed by atoms with Gasteiger partial charge in [0.05, 0.1) is 34.6 Å². The lowest BCUT2D eigenvalue weighted by Gasteiger charge is -2.56.